The van der Waals surface area contributed by atoms with Crippen molar-refractivity contribution in [3.8, 4) is 0 Å². The first-order chi connectivity index (χ1) is 5.70. The number of carbonyl (C=O) groups is 2. The van der Waals surface area contributed by atoms with Crippen molar-refractivity contribution in [2.24, 2.45) is 0 Å². The average Bonchev–Trinajstić information content (AvgIpc) is 2.11. The number of carbonyl (C=O) groups excluding carboxylic acids is 2. The quantitative estimate of drug-likeness (QED) is 0.344. The molecule has 0 aliphatic carbocycles. The first kappa shape index (κ1) is 10.9. The van der Waals surface area contributed by atoms with Crippen molar-refractivity contribution < 1.29 is 14.3 Å². The average molecular weight is 170 g/mol. The maximum absolute atomic E-state index is 10.8. The zero-order chi connectivity index (χ0) is 9.40. The number of hydrogen-bond acceptors (Lipinski definition) is 3. The molecule has 0 bridgehead atoms. The molecule has 0 saturated heterocycles. The highest BCUT2D eigenvalue weighted by molar-refractivity contribution is 5.81. The van der Waals surface area contributed by atoms with Gasteiger partial charge < -0.3 is 4.74 Å². The number of Topliss-reactive ketones (excluding diaryl/α,β-unsaturated/α-hetero) is 1. The first-order valence-corrected chi connectivity index (χ1v) is 4.01. The summed E-state index contributed by atoms with van der Waals surface area (Å²) in [5, 5.41) is 0. The van der Waals surface area contributed by atoms with Crippen molar-refractivity contribution >= 4 is 11.8 Å². The number of esters is 1. The molecule has 3 nitrogen and oxygen atoms in total. The van der Waals surface area contributed by atoms with Gasteiger partial charge in [0.1, 0.15) is 5.78 Å². The van der Waals surface area contributed by atoms with E-state index in [0.29, 0.717) is 25.9 Å². The van der Waals surface area contributed by atoms with Crippen LogP contribution < -0.4 is 0 Å². The van der Waals surface area contributed by atoms with Crippen LogP contribution in [0.5, 0.6) is 0 Å². The normalized spacial score (nSPS) is 9.08. The van der Waals surface area contributed by atoms with E-state index < -0.39 is 5.97 Å². The highest BCUT2D eigenvalue weighted by atomic mass is 16.5. The Morgan fingerprint density at radius 3 is 2.67 bits per heavy atom. The molecule has 68 valence electrons. The summed E-state index contributed by atoms with van der Waals surface area (Å²) < 4.78 is 4.68. The van der Waals surface area contributed by atoms with Crippen molar-refractivity contribution in [3.05, 3.63) is 12.7 Å². The Kier molecular flexibility index (Phi) is 5.97. The van der Waals surface area contributed by atoms with E-state index in [2.05, 4.69) is 11.3 Å². The van der Waals surface area contributed by atoms with E-state index in [1.165, 1.54) is 0 Å². The van der Waals surface area contributed by atoms with Gasteiger partial charge in [-0.25, -0.2) is 4.79 Å². The number of ketones is 1. The Hall–Kier alpha value is -1.12. The lowest BCUT2D eigenvalue weighted by Gasteiger charge is -1.99. The van der Waals surface area contributed by atoms with Crippen LogP contribution in [0.3, 0.4) is 0 Å². The van der Waals surface area contributed by atoms with Gasteiger partial charge in [0.15, 0.2) is 0 Å². The molecule has 12 heavy (non-hydrogen) atoms. The van der Waals surface area contributed by atoms with Crippen molar-refractivity contribution in [1.82, 2.24) is 0 Å². The van der Waals surface area contributed by atoms with Gasteiger partial charge in [0.25, 0.3) is 0 Å². The molecule has 0 unspecified atom stereocenters. The summed E-state index contributed by atoms with van der Waals surface area (Å²) in [6.07, 6.45) is 2.75. The van der Waals surface area contributed by atoms with Crippen LogP contribution in [-0.4, -0.2) is 18.4 Å². The summed E-state index contributed by atoms with van der Waals surface area (Å²) in [6, 6.07) is 0. The van der Waals surface area contributed by atoms with Gasteiger partial charge in [-0.1, -0.05) is 13.5 Å². The van der Waals surface area contributed by atoms with Gasteiger partial charge in [0, 0.05) is 18.9 Å². The monoisotopic (exact) mass is 170 g/mol. The molecule has 0 N–H and O–H groups in total. The van der Waals surface area contributed by atoms with Crippen LogP contribution in [0.25, 0.3) is 0 Å². The van der Waals surface area contributed by atoms with Gasteiger partial charge in [0.05, 0.1) is 6.61 Å². The zero-order valence-electron chi connectivity index (χ0n) is 7.34. The minimum atomic E-state index is -0.432. The predicted molar refractivity (Wildman–Crippen MR) is 45.7 cm³/mol. The summed E-state index contributed by atoms with van der Waals surface area (Å²) in [5.41, 5.74) is 0. The van der Waals surface area contributed by atoms with E-state index in [0.717, 1.165) is 6.08 Å². The van der Waals surface area contributed by atoms with Crippen LogP contribution >= 0.6 is 0 Å². The van der Waals surface area contributed by atoms with Crippen LogP contribution in [-0.2, 0) is 14.3 Å². The van der Waals surface area contributed by atoms with Crippen LogP contribution in [0.4, 0.5) is 0 Å². The molecule has 0 radical (unpaired) electrons. The van der Waals surface area contributed by atoms with Gasteiger partial charge in [-0.2, -0.15) is 0 Å². The summed E-state index contributed by atoms with van der Waals surface area (Å²) in [4.78, 5) is 21.3. The van der Waals surface area contributed by atoms with Gasteiger partial charge in [-0.3, -0.25) is 4.79 Å². The van der Waals surface area contributed by atoms with Crippen molar-refractivity contribution in [2.75, 3.05) is 6.61 Å². The fraction of sp³-hybridized carbons (Fsp3) is 0.556. The predicted octanol–water partition coefficient (Wildman–Crippen LogP) is 1.47. The number of rotatable bonds is 6. The van der Waals surface area contributed by atoms with Crippen molar-refractivity contribution in [1.29, 1.82) is 0 Å². The molecule has 0 aliphatic heterocycles. The van der Waals surface area contributed by atoms with Gasteiger partial charge in [-0.05, 0) is 6.42 Å². The van der Waals surface area contributed by atoms with E-state index in [1.54, 1.807) is 0 Å². The minimum absolute atomic E-state index is 0.199. The third-order valence-corrected chi connectivity index (χ3v) is 1.41. The molecular formula is C9H14O3. The second-order valence-corrected chi connectivity index (χ2v) is 2.37. The summed E-state index contributed by atoms with van der Waals surface area (Å²) >= 11 is 0. The molecule has 0 aromatic rings. The molecule has 0 atom stereocenters. The van der Waals surface area contributed by atoms with E-state index in [9.17, 15) is 9.59 Å². The fourth-order valence-electron chi connectivity index (χ4n) is 0.678. The third-order valence-electron chi connectivity index (χ3n) is 1.41. The smallest absolute Gasteiger partial charge is 0.330 e. The number of ether oxygens (including phenoxy) is 1. The lowest BCUT2D eigenvalue weighted by Crippen LogP contribution is -2.04. The largest absolute Gasteiger partial charge is 0.463 e. The fourth-order valence-corrected chi connectivity index (χ4v) is 0.678. The molecule has 0 saturated carbocycles. The Morgan fingerprint density at radius 1 is 1.50 bits per heavy atom. The Balaban J connectivity index is 3.27. The van der Waals surface area contributed by atoms with Gasteiger partial charge in [0.2, 0.25) is 0 Å². The second kappa shape index (κ2) is 6.58. The maximum Gasteiger partial charge on any atom is 0.330 e. The summed E-state index contributed by atoms with van der Waals surface area (Å²) in [7, 11) is 0. The molecule has 0 aromatic carbocycles. The van der Waals surface area contributed by atoms with Gasteiger partial charge >= 0.3 is 5.97 Å². The van der Waals surface area contributed by atoms with E-state index in [-0.39, 0.29) is 5.78 Å². The second-order valence-electron chi connectivity index (χ2n) is 2.37. The third kappa shape index (κ3) is 5.65. The Bertz CT molecular complexity index is 173. The molecule has 0 rings (SSSR count). The highest BCUT2D eigenvalue weighted by Crippen LogP contribution is 1.95. The highest BCUT2D eigenvalue weighted by Gasteiger charge is 1.99. The van der Waals surface area contributed by atoms with E-state index in [1.807, 2.05) is 6.92 Å². The molecule has 0 amide bonds. The van der Waals surface area contributed by atoms with Crippen LogP contribution in [0.15, 0.2) is 12.7 Å². The summed E-state index contributed by atoms with van der Waals surface area (Å²) in [6.45, 7) is 5.37. The van der Waals surface area contributed by atoms with Gasteiger partial charge in [-0.15, -0.1) is 0 Å². The van der Waals surface area contributed by atoms with E-state index >= 15 is 0 Å². The van der Waals surface area contributed by atoms with E-state index in [4.69, 9.17) is 0 Å². The molecule has 0 spiro atoms. The molecule has 0 heterocycles. The maximum atomic E-state index is 10.8. The standard InChI is InChI=1S/C9H14O3/c1-3-8(10)6-5-7-12-9(11)4-2/h4H,2-3,5-7H2,1H3. The SMILES string of the molecule is C=CC(=O)OCCCC(=O)CC. The zero-order valence-corrected chi connectivity index (χ0v) is 7.34. The van der Waals surface area contributed by atoms with Crippen molar-refractivity contribution in [2.45, 2.75) is 26.2 Å². The molecule has 0 aromatic heterocycles. The summed E-state index contributed by atoms with van der Waals surface area (Å²) in [5.74, 6) is -0.233. The van der Waals surface area contributed by atoms with Crippen LogP contribution in [0, 0.1) is 0 Å². The lowest BCUT2D eigenvalue weighted by molar-refractivity contribution is -0.138. The van der Waals surface area contributed by atoms with Crippen molar-refractivity contribution in [3.63, 3.8) is 0 Å². The number of hydrogen-bond donors (Lipinski definition) is 0. The topological polar surface area (TPSA) is 43.4 Å². The molecular weight excluding hydrogens is 156 g/mol. The minimum Gasteiger partial charge on any atom is -0.463 e. The molecule has 0 aliphatic rings. The Morgan fingerprint density at radius 2 is 2.17 bits per heavy atom. The van der Waals surface area contributed by atoms with Crippen LogP contribution in [0.2, 0.25) is 0 Å². The lowest BCUT2D eigenvalue weighted by atomic mass is 10.2. The Labute approximate surface area is 72.4 Å². The van der Waals surface area contributed by atoms with Crippen LogP contribution in [0.1, 0.15) is 26.2 Å². The molecule has 0 fully saturated rings. The molecule has 3 heteroatoms. The first-order valence-electron chi connectivity index (χ1n) is 4.01.